The number of nitriles is 1. The van der Waals surface area contributed by atoms with E-state index >= 15 is 0 Å². The minimum Gasteiger partial charge on any atom is -0.489 e. The van der Waals surface area contributed by atoms with Crippen LogP contribution in [-0.4, -0.2) is 12.5 Å². The third-order valence-electron chi connectivity index (χ3n) is 6.22. The van der Waals surface area contributed by atoms with E-state index in [1.54, 1.807) is 0 Å². The molecule has 1 fully saturated rings. The Hall–Kier alpha value is -3.58. The molecule has 0 heterocycles. The Morgan fingerprint density at radius 2 is 1.66 bits per heavy atom. The summed E-state index contributed by atoms with van der Waals surface area (Å²) in [6.45, 7) is 0.604. The van der Waals surface area contributed by atoms with Crippen LogP contribution in [0.25, 0.3) is 11.1 Å². The lowest BCUT2D eigenvalue weighted by Crippen LogP contribution is -2.36. The van der Waals surface area contributed by atoms with E-state index in [0.29, 0.717) is 6.61 Å². The molecule has 1 aliphatic carbocycles. The second kappa shape index (κ2) is 10.6. The van der Waals surface area contributed by atoms with Gasteiger partial charge in [-0.3, -0.25) is 4.79 Å². The van der Waals surface area contributed by atoms with Crippen LogP contribution in [0.3, 0.4) is 0 Å². The van der Waals surface area contributed by atoms with Gasteiger partial charge >= 0.3 is 0 Å². The predicted octanol–water partition coefficient (Wildman–Crippen LogP) is 5.85. The van der Waals surface area contributed by atoms with Gasteiger partial charge in [0.05, 0.1) is 6.07 Å². The maximum Gasteiger partial charge on any atom is 0.224 e. The van der Waals surface area contributed by atoms with Crippen LogP contribution in [0.1, 0.15) is 42.7 Å². The normalized spacial score (nSPS) is 17.8. The van der Waals surface area contributed by atoms with Gasteiger partial charge in [-0.25, -0.2) is 0 Å². The third kappa shape index (κ3) is 5.18. The summed E-state index contributed by atoms with van der Waals surface area (Å²) in [5.74, 6) is 0.900. The Morgan fingerprint density at radius 3 is 2.44 bits per heavy atom. The van der Waals surface area contributed by atoms with Crippen LogP contribution in [0.15, 0.2) is 78.9 Å². The van der Waals surface area contributed by atoms with Crippen LogP contribution in [-0.2, 0) is 11.4 Å². The number of benzene rings is 3. The quantitative estimate of drug-likeness (QED) is 0.484. The molecule has 2 atom stereocenters. The molecule has 4 rings (SSSR count). The molecule has 1 aliphatic rings. The molecule has 4 heteroatoms. The lowest BCUT2D eigenvalue weighted by molar-refractivity contribution is -0.126. The molecule has 0 radical (unpaired) electrons. The fourth-order valence-electron chi connectivity index (χ4n) is 4.63. The second-order valence-corrected chi connectivity index (χ2v) is 8.26. The van der Waals surface area contributed by atoms with Gasteiger partial charge < -0.3 is 10.1 Å². The third-order valence-corrected chi connectivity index (χ3v) is 6.22. The summed E-state index contributed by atoms with van der Waals surface area (Å²) in [5, 5.41) is 11.6. The van der Waals surface area contributed by atoms with Crippen LogP contribution in [0.2, 0.25) is 0 Å². The van der Waals surface area contributed by atoms with Crippen LogP contribution in [0, 0.1) is 17.2 Å². The summed E-state index contributed by atoms with van der Waals surface area (Å²) >= 11 is 0. The zero-order valence-electron chi connectivity index (χ0n) is 18.2. The minimum absolute atomic E-state index is 0.00397. The van der Waals surface area contributed by atoms with Crippen molar-refractivity contribution in [2.45, 2.75) is 38.2 Å². The van der Waals surface area contributed by atoms with Gasteiger partial charge in [-0.2, -0.15) is 5.26 Å². The number of hydrogen-bond donors (Lipinski definition) is 1. The van der Waals surface area contributed by atoms with E-state index in [0.717, 1.165) is 48.1 Å². The molecule has 1 N–H and O–H groups in total. The van der Waals surface area contributed by atoms with E-state index in [-0.39, 0.29) is 24.3 Å². The first-order chi connectivity index (χ1) is 15.8. The maximum atomic E-state index is 12.7. The first-order valence-corrected chi connectivity index (χ1v) is 11.3. The zero-order chi connectivity index (χ0) is 22.2. The lowest BCUT2D eigenvalue weighted by Gasteiger charge is -2.32. The molecule has 3 aromatic rings. The summed E-state index contributed by atoms with van der Waals surface area (Å²) in [6, 6.07) is 28.7. The highest BCUT2D eigenvalue weighted by atomic mass is 16.5. The Kier molecular flexibility index (Phi) is 7.19. The Morgan fingerprint density at radius 1 is 0.938 bits per heavy atom. The van der Waals surface area contributed by atoms with E-state index in [9.17, 15) is 4.79 Å². The van der Waals surface area contributed by atoms with Crippen molar-refractivity contribution in [3.05, 3.63) is 90.0 Å². The summed E-state index contributed by atoms with van der Waals surface area (Å²) < 4.78 is 5.94. The number of nitrogens with one attached hydrogen (secondary N) is 1. The Balaban J connectivity index is 1.53. The summed E-state index contributed by atoms with van der Waals surface area (Å²) in [4.78, 5) is 12.7. The molecule has 162 valence electrons. The number of carbonyl (C=O) groups excluding carboxylic acids is 1. The number of hydrogen-bond acceptors (Lipinski definition) is 3. The first kappa shape index (κ1) is 21.6. The molecule has 0 spiro atoms. The molecule has 1 amide bonds. The zero-order valence-corrected chi connectivity index (χ0v) is 18.2. The van der Waals surface area contributed by atoms with Gasteiger partial charge in [0.1, 0.15) is 18.9 Å². The van der Waals surface area contributed by atoms with Crippen molar-refractivity contribution in [3.63, 3.8) is 0 Å². The number of ether oxygens (including phenoxy) is 1. The molecule has 3 aromatic carbocycles. The highest BCUT2D eigenvalue weighted by Crippen LogP contribution is 2.42. The van der Waals surface area contributed by atoms with E-state index < -0.39 is 0 Å². The molecule has 0 saturated heterocycles. The van der Waals surface area contributed by atoms with E-state index in [2.05, 4.69) is 47.8 Å². The molecule has 32 heavy (non-hydrogen) atoms. The monoisotopic (exact) mass is 424 g/mol. The van der Waals surface area contributed by atoms with Gasteiger partial charge in [-0.05, 0) is 53.1 Å². The Labute approximate surface area is 189 Å². The van der Waals surface area contributed by atoms with Crippen molar-refractivity contribution in [2.24, 2.45) is 5.92 Å². The first-order valence-electron chi connectivity index (χ1n) is 11.3. The molecular formula is C28H28N2O2. The minimum atomic E-state index is -0.0910. The molecule has 0 aromatic heterocycles. The maximum absolute atomic E-state index is 12.7. The van der Waals surface area contributed by atoms with Crippen molar-refractivity contribution < 1.29 is 9.53 Å². The lowest BCUT2D eigenvalue weighted by atomic mass is 9.73. The highest BCUT2D eigenvalue weighted by molar-refractivity contribution is 5.81. The van der Waals surface area contributed by atoms with Gasteiger partial charge in [-0.1, -0.05) is 79.6 Å². The average molecular weight is 425 g/mol. The van der Waals surface area contributed by atoms with Crippen molar-refractivity contribution in [2.75, 3.05) is 6.54 Å². The van der Waals surface area contributed by atoms with Gasteiger partial charge in [0.15, 0.2) is 0 Å². The van der Waals surface area contributed by atoms with Gasteiger partial charge in [0.25, 0.3) is 0 Å². The summed E-state index contributed by atoms with van der Waals surface area (Å²) in [7, 11) is 0. The highest BCUT2D eigenvalue weighted by Gasteiger charge is 2.33. The van der Waals surface area contributed by atoms with Crippen LogP contribution in [0.4, 0.5) is 0 Å². The molecule has 0 aliphatic heterocycles. The summed E-state index contributed by atoms with van der Waals surface area (Å²) in [6.07, 6.45) is 4.02. The molecule has 2 unspecified atom stereocenters. The molecule has 1 saturated carbocycles. The predicted molar refractivity (Wildman–Crippen MR) is 126 cm³/mol. The van der Waals surface area contributed by atoms with E-state index in [4.69, 9.17) is 10.00 Å². The van der Waals surface area contributed by atoms with Gasteiger partial charge in [0.2, 0.25) is 5.91 Å². The van der Waals surface area contributed by atoms with Crippen molar-refractivity contribution >= 4 is 5.91 Å². The topological polar surface area (TPSA) is 62.1 Å². The van der Waals surface area contributed by atoms with Crippen molar-refractivity contribution in [3.8, 4) is 22.9 Å². The summed E-state index contributed by atoms with van der Waals surface area (Å²) in [5.41, 5.74) is 4.63. The standard InChI is InChI=1S/C28H28N2O2/c29-18-19-30-28(31)27-13-7-6-12-26(27)25-11-5-4-10-24(25)22-14-16-23(17-15-22)32-20-21-8-2-1-3-9-21/h1-5,8-11,14-17,26-27H,6-7,12-13,19-20H2,(H,30,31). The number of nitrogens with zero attached hydrogens (tertiary/aromatic N) is 1. The van der Waals surface area contributed by atoms with E-state index in [1.165, 1.54) is 5.56 Å². The van der Waals surface area contributed by atoms with Crippen molar-refractivity contribution in [1.29, 1.82) is 5.26 Å². The molecule has 4 nitrogen and oxygen atoms in total. The Bertz CT molecular complexity index is 1070. The fraction of sp³-hybridized carbons (Fsp3) is 0.286. The SMILES string of the molecule is N#CCNC(=O)C1CCCCC1c1ccccc1-c1ccc(OCc2ccccc2)cc1. The number of rotatable bonds is 7. The average Bonchev–Trinajstić information content (AvgIpc) is 2.87. The van der Waals surface area contributed by atoms with Crippen LogP contribution < -0.4 is 10.1 Å². The number of carbonyl (C=O) groups is 1. The van der Waals surface area contributed by atoms with Gasteiger partial charge in [-0.15, -0.1) is 0 Å². The molecule has 0 bridgehead atoms. The number of amides is 1. The smallest absolute Gasteiger partial charge is 0.224 e. The van der Waals surface area contributed by atoms with Gasteiger partial charge in [0, 0.05) is 5.92 Å². The van der Waals surface area contributed by atoms with E-state index in [1.807, 2.05) is 42.5 Å². The van der Waals surface area contributed by atoms with Crippen LogP contribution in [0.5, 0.6) is 5.75 Å². The van der Waals surface area contributed by atoms with Crippen LogP contribution >= 0.6 is 0 Å². The molecular weight excluding hydrogens is 396 g/mol. The second-order valence-electron chi connectivity index (χ2n) is 8.26. The largest absolute Gasteiger partial charge is 0.489 e. The fourth-order valence-corrected chi connectivity index (χ4v) is 4.63. The van der Waals surface area contributed by atoms with Crippen molar-refractivity contribution in [1.82, 2.24) is 5.32 Å².